The lowest BCUT2D eigenvalue weighted by atomic mass is 9.99. The molecule has 0 aliphatic rings. The van der Waals surface area contributed by atoms with E-state index in [1.54, 1.807) is 66.4 Å². The molecule has 0 bridgehead atoms. The van der Waals surface area contributed by atoms with E-state index in [1.165, 1.54) is 19.3 Å². The van der Waals surface area contributed by atoms with Crippen LogP contribution in [0, 0.1) is 0 Å². The number of halogens is 1. The lowest BCUT2D eigenvalue weighted by molar-refractivity contribution is -0.111. The molecule has 200 valence electrons. The van der Waals surface area contributed by atoms with Crippen molar-refractivity contribution >= 4 is 56.8 Å². The predicted molar refractivity (Wildman–Crippen MR) is 156 cm³/mol. The van der Waals surface area contributed by atoms with Gasteiger partial charge in [0.1, 0.15) is 5.75 Å². The van der Waals surface area contributed by atoms with Crippen molar-refractivity contribution in [3.8, 4) is 5.75 Å². The molecule has 0 saturated carbocycles. The minimum atomic E-state index is -0.922. The summed E-state index contributed by atoms with van der Waals surface area (Å²) in [6, 6.07) is 19.2. The van der Waals surface area contributed by atoms with Crippen molar-refractivity contribution in [1.29, 1.82) is 0 Å². The lowest BCUT2D eigenvalue weighted by Crippen LogP contribution is -2.28. The van der Waals surface area contributed by atoms with Crippen LogP contribution in [-0.4, -0.2) is 36.6 Å². The van der Waals surface area contributed by atoms with E-state index in [2.05, 4.69) is 26.6 Å². The van der Waals surface area contributed by atoms with Crippen LogP contribution in [0.15, 0.2) is 88.3 Å². The highest BCUT2D eigenvalue weighted by molar-refractivity contribution is 9.10. The van der Waals surface area contributed by atoms with E-state index in [4.69, 9.17) is 15.2 Å². The normalized spacial score (nSPS) is 12.6. The van der Waals surface area contributed by atoms with Crippen LogP contribution in [-0.2, 0) is 14.3 Å². The smallest absolute Gasteiger partial charge is 0.412 e. The maximum absolute atomic E-state index is 12.8. The van der Waals surface area contributed by atoms with Crippen molar-refractivity contribution in [2.75, 3.05) is 29.7 Å². The molecule has 3 aromatic rings. The maximum atomic E-state index is 12.8. The number of carbonyl (C=O) groups excluding carboxylic acids is 2. The predicted octanol–water partition coefficient (Wildman–Crippen LogP) is 6.74. The summed E-state index contributed by atoms with van der Waals surface area (Å²) in [6.45, 7) is 0. The quantitative estimate of drug-likeness (QED) is 0.109. The standard InChI is InChI=1S/C28H30BrN3O5S/c1-36-25(9-5-6-10-26(34)32-23-8-4-3-7-22(23)30)27(21-17-18(29)11-16-24(21)33)37-28(35)31-19-12-14-20(38-2)15-13-19/h3-4,6-8,10-17,25,27,33H,5,9,30H2,1-2H3,(H,31,35)(H,32,34)/b10-6+/t25-,27-/m0/s1. The van der Waals surface area contributed by atoms with E-state index >= 15 is 0 Å². The van der Waals surface area contributed by atoms with Gasteiger partial charge in [-0.1, -0.05) is 34.1 Å². The Labute approximate surface area is 234 Å². The highest BCUT2D eigenvalue weighted by atomic mass is 79.9. The summed E-state index contributed by atoms with van der Waals surface area (Å²) in [5.74, 6) is -0.353. The molecule has 0 spiro atoms. The molecule has 0 aromatic heterocycles. The van der Waals surface area contributed by atoms with Gasteiger partial charge in [0.15, 0.2) is 6.10 Å². The fraction of sp³-hybridized carbons (Fsp3) is 0.214. The van der Waals surface area contributed by atoms with Gasteiger partial charge in [-0.25, -0.2) is 4.79 Å². The zero-order valence-electron chi connectivity index (χ0n) is 21.0. The number of para-hydroxylation sites is 2. The van der Waals surface area contributed by atoms with Gasteiger partial charge in [-0.2, -0.15) is 0 Å². The number of amides is 2. The first-order valence-corrected chi connectivity index (χ1v) is 13.8. The fourth-order valence-corrected chi connectivity index (χ4v) is 4.45. The molecule has 0 fully saturated rings. The number of ether oxygens (including phenoxy) is 2. The van der Waals surface area contributed by atoms with E-state index < -0.39 is 18.3 Å². The number of nitrogens with two attached hydrogens (primary N) is 1. The Morgan fingerprint density at radius 2 is 1.84 bits per heavy atom. The van der Waals surface area contributed by atoms with Crippen molar-refractivity contribution in [2.24, 2.45) is 0 Å². The molecule has 0 aliphatic carbocycles. The Kier molecular flexibility index (Phi) is 11.1. The molecule has 2 atom stereocenters. The Hall–Kier alpha value is -3.47. The van der Waals surface area contributed by atoms with Gasteiger partial charge in [-0.15, -0.1) is 11.8 Å². The molecule has 0 unspecified atom stereocenters. The number of aromatic hydroxyl groups is 1. The first-order chi connectivity index (χ1) is 18.3. The zero-order chi connectivity index (χ0) is 27.5. The molecule has 2 amide bonds. The van der Waals surface area contributed by atoms with E-state index in [1.807, 2.05) is 18.4 Å². The second-order valence-electron chi connectivity index (χ2n) is 8.21. The summed E-state index contributed by atoms with van der Waals surface area (Å²) in [7, 11) is 1.50. The van der Waals surface area contributed by atoms with Gasteiger partial charge in [0.2, 0.25) is 5.91 Å². The summed E-state index contributed by atoms with van der Waals surface area (Å²) >= 11 is 5.00. The van der Waals surface area contributed by atoms with Crippen LogP contribution in [0.1, 0.15) is 24.5 Å². The number of nitrogen functional groups attached to an aromatic ring is 1. The Morgan fingerprint density at radius 3 is 2.53 bits per heavy atom. The summed E-state index contributed by atoms with van der Waals surface area (Å²) < 4.78 is 12.2. The van der Waals surface area contributed by atoms with Crippen LogP contribution in [0.3, 0.4) is 0 Å². The SMILES string of the molecule is CO[C@@H](CC/C=C/C(=O)Nc1ccccc1N)[C@@H](OC(=O)Nc1ccc(SC)cc1)c1cc(Br)ccc1O. The topological polar surface area (TPSA) is 123 Å². The average Bonchev–Trinajstić information content (AvgIpc) is 2.91. The lowest BCUT2D eigenvalue weighted by Gasteiger charge is -2.27. The van der Waals surface area contributed by atoms with E-state index in [0.717, 1.165) is 4.90 Å². The van der Waals surface area contributed by atoms with Gasteiger partial charge in [-0.3, -0.25) is 10.1 Å². The number of hydrogen-bond donors (Lipinski definition) is 4. The van der Waals surface area contributed by atoms with E-state index in [0.29, 0.717) is 39.9 Å². The average molecular weight is 601 g/mol. The monoisotopic (exact) mass is 599 g/mol. The summed E-state index contributed by atoms with van der Waals surface area (Å²) in [5.41, 5.74) is 7.84. The van der Waals surface area contributed by atoms with Crippen LogP contribution in [0.25, 0.3) is 0 Å². The molecule has 5 N–H and O–H groups in total. The third kappa shape index (κ3) is 8.54. The third-order valence-corrected chi connectivity index (χ3v) is 6.85. The molecule has 0 heterocycles. The number of rotatable bonds is 11. The van der Waals surface area contributed by atoms with Crippen LogP contribution in [0.4, 0.5) is 21.9 Å². The number of methoxy groups -OCH3 is 1. The summed E-state index contributed by atoms with van der Waals surface area (Å²) in [4.78, 5) is 26.2. The van der Waals surface area contributed by atoms with Crippen molar-refractivity contribution in [1.82, 2.24) is 0 Å². The van der Waals surface area contributed by atoms with Crippen LogP contribution < -0.4 is 16.4 Å². The van der Waals surface area contributed by atoms with Gasteiger partial charge in [0.25, 0.3) is 0 Å². The molecular weight excluding hydrogens is 570 g/mol. The van der Waals surface area contributed by atoms with Crippen LogP contribution in [0.5, 0.6) is 5.75 Å². The Balaban J connectivity index is 1.69. The van der Waals surface area contributed by atoms with Gasteiger partial charge >= 0.3 is 6.09 Å². The number of hydrogen-bond acceptors (Lipinski definition) is 7. The molecular formula is C28H30BrN3O5S. The van der Waals surface area contributed by atoms with Gasteiger partial charge in [0, 0.05) is 27.7 Å². The first kappa shape index (κ1) is 29.1. The van der Waals surface area contributed by atoms with Crippen LogP contribution in [0.2, 0.25) is 0 Å². The minimum Gasteiger partial charge on any atom is -0.508 e. The second kappa shape index (κ2) is 14.5. The zero-order valence-corrected chi connectivity index (χ0v) is 23.4. The molecule has 38 heavy (non-hydrogen) atoms. The number of phenols is 1. The highest BCUT2D eigenvalue weighted by Crippen LogP contribution is 2.35. The summed E-state index contributed by atoms with van der Waals surface area (Å²) in [5, 5.41) is 16.0. The van der Waals surface area contributed by atoms with Gasteiger partial charge in [-0.05, 0) is 79.8 Å². The summed E-state index contributed by atoms with van der Waals surface area (Å²) in [6.07, 6.45) is 3.71. The first-order valence-electron chi connectivity index (χ1n) is 11.8. The highest BCUT2D eigenvalue weighted by Gasteiger charge is 2.29. The number of benzene rings is 3. The van der Waals surface area contributed by atoms with Crippen LogP contribution >= 0.6 is 27.7 Å². The largest absolute Gasteiger partial charge is 0.508 e. The molecule has 3 rings (SSSR count). The molecule has 8 nitrogen and oxygen atoms in total. The molecule has 0 radical (unpaired) electrons. The van der Waals surface area contributed by atoms with Crippen molar-refractivity contribution in [3.63, 3.8) is 0 Å². The van der Waals surface area contributed by atoms with E-state index in [-0.39, 0.29) is 11.7 Å². The van der Waals surface area contributed by atoms with Crippen molar-refractivity contribution in [3.05, 3.63) is 88.9 Å². The number of carbonyl (C=O) groups is 2. The number of phenolic OH excluding ortho intramolecular Hbond substituents is 1. The van der Waals surface area contributed by atoms with Crippen molar-refractivity contribution < 1.29 is 24.2 Å². The fourth-order valence-electron chi connectivity index (χ4n) is 3.66. The Bertz CT molecular complexity index is 1270. The molecule has 0 aliphatic heterocycles. The van der Waals surface area contributed by atoms with Gasteiger partial charge in [0.05, 0.1) is 17.5 Å². The van der Waals surface area contributed by atoms with Gasteiger partial charge < -0.3 is 25.6 Å². The maximum Gasteiger partial charge on any atom is 0.412 e. The number of nitrogens with one attached hydrogen (secondary N) is 2. The third-order valence-electron chi connectivity index (χ3n) is 5.61. The number of allylic oxidation sites excluding steroid dienone is 1. The molecule has 10 heteroatoms. The minimum absolute atomic E-state index is 0.0345. The second-order valence-corrected chi connectivity index (χ2v) is 10.0. The van der Waals surface area contributed by atoms with Crippen molar-refractivity contribution in [2.45, 2.75) is 29.9 Å². The Morgan fingerprint density at radius 1 is 1.11 bits per heavy atom. The van der Waals surface area contributed by atoms with E-state index in [9.17, 15) is 14.7 Å². The number of anilines is 3. The number of thioether (sulfide) groups is 1. The molecule has 3 aromatic carbocycles. The molecule has 0 saturated heterocycles.